The van der Waals surface area contributed by atoms with Crippen LogP contribution in [-0.2, 0) is 0 Å². The average molecular weight is 454 g/mol. The standard InChI is InChI=1S/C21H17Cl2N7O/c22-15-2-1-3-17(18(15)23)28-8-10-29(11-9-28)19-14-4-7-30(20(14)27-13-26-19)21(31)16-12-24-5-6-25-16/h1-7,12-13H,8-11H2. The Kier molecular flexibility index (Phi) is 5.17. The molecule has 31 heavy (non-hydrogen) atoms. The summed E-state index contributed by atoms with van der Waals surface area (Å²) < 4.78 is 1.48. The number of aromatic nitrogens is 5. The second kappa shape index (κ2) is 8.13. The molecule has 0 N–H and O–H groups in total. The third kappa shape index (κ3) is 3.58. The van der Waals surface area contributed by atoms with E-state index in [0.29, 0.717) is 15.7 Å². The zero-order chi connectivity index (χ0) is 21.4. The lowest BCUT2D eigenvalue weighted by atomic mass is 10.2. The molecule has 1 saturated heterocycles. The highest BCUT2D eigenvalue weighted by atomic mass is 35.5. The van der Waals surface area contributed by atoms with Crippen molar-refractivity contribution in [1.82, 2.24) is 24.5 Å². The van der Waals surface area contributed by atoms with Crippen LogP contribution < -0.4 is 9.80 Å². The third-order valence-corrected chi connectivity index (χ3v) is 6.12. The predicted molar refractivity (Wildman–Crippen MR) is 120 cm³/mol. The van der Waals surface area contributed by atoms with Gasteiger partial charge in [-0.2, -0.15) is 0 Å². The molecule has 0 amide bonds. The fourth-order valence-electron chi connectivity index (χ4n) is 3.78. The smallest absolute Gasteiger partial charge is 0.283 e. The molecule has 0 atom stereocenters. The van der Waals surface area contributed by atoms with Crippen molar-refractivity contribution >= 4 is 51.6 Å². The van der Waals surface area contributed by atoms with Gasteiger partial charge in [-0.1, -0.05) is 29.3 Å². The molecular formula is C21H17Cl2N7O. The van der Waals surface area contributed by atoms with E-state index in [1.54, 1.807) is 12.3 Å². The molecule has 0 bridgehead atoms. The zero-order valence-corrected chi connectivity index (χ0v) is 17.8. The van der Waals surface area contributed by atoms with Gasteiger partial charge in [0.25, 0.3) is 5.91 Å². The van der Waals surface area contributed by atoms with Gasteiger partial charge < -0.3 is 9.80 Å². The highest BCUT2D eigenvalue weighted by Gasteiger charge is 2.23. The van der Waals surface area contributed by atoms with E-state index >= 15 is 0 Å². The van der Waals surface area contributed by atoms with Crippen molar-refractivity contribution in [3.8, 4) is 0 Å². The molecular weight excluding hydrogens is 437 g/mol. The van der Waals surface area contributed by atoms with Crippen LogP contribution in [0.2, 0.25) is 10.0 Å². The second-order valence-electron chi connectivity index (χ2n) is 7.06. The molecule has 4 aromatic rings. The van der Waals surface area contributed by atoms with Crippen molar-refractivity contribution in [3.63, 3.8) is 0 Å². The minimum atomic E-state index is -0.284. The van der Waals surface area contributed by atoms with Crippen LogP contribution in [0.5, 0.6) is 0 Å². The molecule has 10 heteroatoms. The SMILES string of the molecule is O=C(c1cnccn1)n1ccc2c(N3CCN(c4cccc(Cl)c4Cl)CC3)ncnc21. The molecule has 3 aromatic heterocycles. The molecule has 1 aromatic carbocycles. The lowest BCUT2D eigenvalue weighted by Crippen LogP contribution is -2.47. The molecule has 1 aliphatic rings. The van der Waals surface area contributed by atoms with Crippen LogP contribution in [-0.4, -0.2) is 56.6 Å². The molecule has 0 radical (unpaired) electrons. The fraction of sp³-hybridized carbons (Fsp3) is 0.190. The lowest BCUT2D eigenvalue weighted by Gasteiger charge is -2.37. The average Bonchev–Trinajstić information content (AvgIpc) is 3.25. The molecule has 156 valence electrons. The number of fused-ring (bicyclic) bond motifs is 1. The fourth-order valence-corrected chi connectivity index (χ4v) is 4.20. The Hall–Kier alpha value is -3.23. The first-order valence-corrected chi connectivity index (χ1v) is 10.5. The Labute approximate surface area is 188 Å². The Morgan fingerprint density at radius 2 is 1.74 bits per heavy atom. The monoisotopic (exact) mass is 453 g/mol. The maximum Gasteiger partial charge on any atom is 0.283 e. The van der Waals surface area contributed by atoms with Crippen LogP contribution in [0.3, 0.4) is 0 Å². The Balaban J connectivity index is 1.40. The van der Waals surface area contributed by atoms with Crippen molar-refractivity contribution in [2.24, 2.45) is 0 Å². The third-order valence-electron chi connectivity index (χ3n) is 5.31. The number of halogens is 2. The van der Waals surface area contributed by atoms with Gasteiger partial charge in [0.15, 0.2) is 5.65 Å². The number of hydrogen-bond acceptors (Lipinski definition) is 7. The van der Waals surface area contributed by atoms with Crippen LogP contribution in [0.15, 0.2) is 55.4 Å². The minimum Gasteiger partial charge on any atom is -0.367 e. The van der Waals surface area contributed by atoms with E-state index in [1.165, 1.54) is 29.5 Å². The van der Waals surface area contributed by atoms with Crippen molar-refractivity contribution in [3.05, 3.63) is 71.1 Å². The van der Waals surface area contributed by atoms with Gasteiger partial charge >= 0.3 is 0 Å². The van der Waals surface area contributed by atoms with Gasteiger partial charge in [-0.25, -0.2) is 15.0 Å². The highest BCUT2D eigenvalue weighted by molar-refractivity contribution is 6.43. The van der Waals surface area contributed by atoms with E-state index in [4.69, 9.17) is 23.2 Å². The van der Waals surface area contributed by atoms with E-state index in [0.717, 1.165) is 43.1 Å². The normalized spacial score (nSPS) is 14.3. The van der Waals surface area contributed by atoms with E-state index in [2.05, 4.69) is 29.7 Å². The topological polar surface area (TPSA) is 80.0 Å². The van der Waals surface area contributed by atoms with Crippen LogP contribution in [0, 0.1) is 0 Å². The molecule has 0 saturated carbocycles. The number of anilines is 2. The summed E-state index contributed by atoms with van der Waals surface area (Å²) in [5.74, 6) is 0.515. The van der Waals surface area contributed by atoms with Crippen LogP contribution >= 0.6 is 23.2 Å². The number of carbonyl (C=O) groups excluding carboxylic acids is 1. The number of hydrogen-bond donors (Lipinski definition) is 0. The number of benzene rings is 1. The molecule has 0 unspecified atom stereocenters. The van der Waals surface area contributed by atoms with E-state index in [1.807, 2.05) is 18.2 Å². The first-order chi connectivity index (χ1) is 15.1. The van der Waals surface area contributed by atoms with Gasteiger partial charge in [0, 0.05) is 44.8 Å². The summed E-state index contributed by atoms with van der Waals surface area (Å²) in [6, 6.07) is 7.53. The van der Waals surface area contributed by atoms with Crippen LogP contribution in [0.4, 0.5) is 11.5 Å². The molecule has 1 fully saturated rings. The maximum atomic E-state index is 12.8. The zero-order valence-electron chi connectivity index (χ0n) is 16.3. The maximum absolute atomic E-state index is 12.8. The van der Waals surface area contributed by atoms with Crippen LogP contribution in [0.1, 0.15) is 10.5 Å². The Morgan fingerprint density at radius 1 is 0.935 bits per heavy atom. The molecule has 1 aliphatic heterocycles. The second-order valence-corrected chi connectivity index (χ2v) is 7.85. The summed E-state index contributed by atoms with van der Waals surface area (Å²) in [5, 5.41) is 1.93. The van der Waals surface area contributed by atoms with Gasteiger partial charge in [-0.05, 0) is 18.2 Å². The predicted octanol–water partition coefficient (Wildman–Crippen LogP) is 3.54. The Bertz CT molecular complexity index is 1250. The summed E-state index contributed by atoms with van der Waals surface area (Å²) in [4.78, 5) is 34.1. The number of nitrogens with zero attached hydrogens (tertiary/aromatic N) is 7. The minimum absolute atomic E-state index is 0.257. The summed E-state index contributed by atoms with van der Waals surface area (Å²) in [5.41, 5.74) is 1.73. The highest BCUT2D eigenvalue weighted by Crippen LogP contribution is 2.33. The van der Waals surface area contributed by atoms with Gasteiger partial charge in [0.2, 0.25) is 0 Å². The summed E-state index contributed by atoms with van der Waals surface area (Å²) in [6.45, 7) is 3.03. The quantitative estimate of drug-likeness (QED) is 0.469. The first-order valence-electron chi connectivity index (χ1n) is 9.70. The van der Waals surface area contributed by atoms with Gasteiger partial charge in [0.1, 0.15) is 17.8 Å². The van der Waals surface area contributed by atoms with Crippen molar-refractivity contribution in [2.45, 2.75) is 0 Å². The van der Waals surface area contributed by atoms with E-state index in [9.17, 15) is 4.79 Å². The number of rotatable bonds is 3. The van der Waals surface area contributed by atoms with Gasteiger partial charge in [-0.3, -0.25) is 14.3 Å². The summed E-state index contributed by atoms with van der Waals surface area (Å²) in [7, 11) is 0. The first kappa shape index (κ1) is 19.7. The molecule has 4 heterocycles. The number of piperazine rings is 1. The molecule has 0 spiro atoms. The van der Waals surface area contributed by atoms with Crippen LogP contribution in [0.25, 0.3) is 11.0 Å². The largest absolute Gasteiger partial charge is 0.367 e. The number of carbonyl (C=O) groups is 1. The van der Waals surface area contributed by atoms with Gasteiger partial charge in [0.05, 0.1) is 27.3 Å². The van der Waals surface area contributed by atoms with Crippen molar-refractivity contribution in [1.29, 1.82) is 0 Å². The molecule has 5 rings (SSSR count). The summed E-state index contributed by atoms with van der Waals surface area (Å²) >= 11 is 12.6. The molecule has 8 nitrogen and oxygen atoms in total. The lowest BCUT2D eigenvalue weighted by molar-refractivity contribution is 0.0959. The Morgan fingerprint density at radius 3 is 2.52 bits per heavy atom. The van der Waals surface area contributed by atoms with E-state index < -0.39 is 0 Å². The van der Waals surface area contributed by atoms with Crippen molar-refractivity contribution < 1.29 is 4.79 Å². The van der Waals surface area contributed by atoms with Gasteiger partial charge in [-0.15, -0.1) is 0 Å². The van der Waals surface area contributed by atoms with E-state index in [-0.39, 0.29) is 11.6 Å². The summed E-state index contributed by atoms with van der Waals surface area (Å²) in [6.07, 6.45) is 7.64. The molecule has 0 aliphatic carbocycles. The van der Waals surface area contributed by atoms with Crippen molar-refractivity contribution in [2.75, 3.05) is 36.0 Å².